The first-order chi connectivity index (χ1) is 23.4. The van der Waals surface area contributed by atoms with Gasteiger partial charge in [0.05, 0.1) is 16.6 Å². The first-order valence-electron chi connectivity index (χ1n) is 16.8. The van der Waals surface area contributed by atoms with Crippen molar-refractivity contribution in [1.29, 1.82) is 0 Å². The Balaban J connectivity index is 1.32. The second-order valence-corrected chi connectivity index (χ2v) is 15.6. The van der Waals surface area contributed by atoms with E-state index in [1.54, 1.807) is 0 Å². The van der Waals surface area contributed by atoms with E-state index in [-0.39, 0.29) is 12.1 Å². The third-order valence-electron chi connectivity index (χ3n) is 10.8. The Labute approximate surface area is 282 Å². The molecule has 2 aliphatic heterocycles. The van der Waals surface area contributed by atoms with Crippen molar-refractivity contribution < 1.29 is 4.42 Å². The van der Waals surface area contributed by atoms with E-state index in [4.69, 9.17) is 4.42 Å². The average Bonchev–Trinajstić information content (AvgIpc) is 3.75. The normalized spacial score (nSPS) is 13.8. The molecule has 0 fully saturated rings. The van der Waals surface area contributed by atoms with Crippen molar-refractivity contribution in [1.82, 2.24) is 4.57 Å². The predicted molar refractivity (Wildman–Crippen MR) is 206 cm³/mol. The van der Waals surface area contributed by atoms with Crippen LogP contribution in [-0.4, -0.2) is 11.3 Å². The van der Waals surface area contributed by atoms with Crippen LogP contribution in [0.5, 0.6) is 0 Å². The smallest absolute Gasteiger partial charge is 0.252 e. The van der Waals surface area contributed by atoms with Crippen molar-refractivity contribution in [2.45, 2.75) is 33.1 Å². The summed E-state index contributed by atoms with van der Waals surface area (Å²) in [4.78, 5) is 3.88. The third-order valence-corrected chi connectivity index (χ3v) is 11.9. The molecule has 48 heavy (non-hydrogen) atoms. The van der Waals surface area contributed by atoms with Crippen molar-refractivity contribution >= 4 is 105 Å². The molecule has 3 nitrogen and oxygen atoms in total. The predicted octanol–water partition coefficient (Wildman–Crippen LogP) is 10.1. The molecule has 0 atom stereocenters. The monoisotopic (exact) mass is 634 g/mol. The highest BCUT2D eigenvalue weighted by molar-refractivity contribution is 7.26. The summed E-state index contributed by atoms with van der Waals surface area (Å²) in [6.45, 7) is 9.31. The van der Waals surface area contributed by atoms with Gasteiger partial charge >= 0.3 is 0 Å². The quantitative estimate of drug-likeness (QED) is 0.168. The zero-order chi connectivity index (χ0) is 32.1. The van der Waals surface area contributed by atoms with E-state index < -0.39 is 0 Å². The lowest BCUT2D eigenvalue weighted by molar-refractivity contribution is 0.590. The van der Waals surface area contributed by atoms with Gasteiger partial charge in [0.2, 0.25) is 0 Å². The van der Waals surface area contributed by atoms with Crippen LogP contribution >= 0.6 is 11.3 Å². The van der Waals surface area contributed by atoms with Crippen LogP contribution in [0.25, 0.3) is 58.8 Å². The Morgan fingerprint density at radius 2 is 1.38 bits per heavy atom. The fraction of sp³-hybridized carbons (Fsp3) is 0.116. The van der Waals surface area contributed by atoms with E-state index in [1.165, 1.54) is 75.8 Å². The van der Waals surface area contributed by atoms with Crippen LogP contribution in [-0.2, 0) is 5.41 Å². The molecule has 0 spiro atoms. The van der Waals surface area contributed by atoms with E-state index in [0.29, 0.717) is 0 Å². The first-order valence-corrected chi connectivity index (χ1v) is 17.6. The first kappa shape index (κ1) is 26.8. The summed E-state index contributed by atoms with van der Waals surface area (Å²) in [6, 6.07) is 42.9. The van der Waals surface area contributed by atoms with Crippen molar-refractivity contribution in [3.8, 4) is 5.69 Å². The van der Waals surface area contributed by atoms with Crippen molar-refractivity contribution in [2.75, 3.05) is 4.90 Å². The maximum absolute atomic E-state index is 6.46. The molecule has 6 aromatic carbocycles. The van der Waals surface area contributed by atoms with Crippen LogP contribution in [0.3, 0.4) is 0 Å². The van der Waals surface area contributed by atoms with Crippen molar-refractivity contribution in [3.63, 3.8) is 0 Å². The molecule has 0 bridgehead atoms. The fourth-order valence-electron chi connectivity index (χ4n) is 8.71. The molecule has 0 unspecified atom stereocenters. The number of rotatable bonds is 1. The van der Waals surface area contributed by atoms with Crippen LogP contribution in [0.4, 0.5) is 17.1 Å². The van der Waals surface area contributed by atoms with Gasteiger partial charge in [0.1, 0.15) is 16.0 Å². The number of hydrogen-bond acceptors (Lipinski definition) is 3. The highest BCUT2D eigenvalue weighted by Crippen LogP contribution is 2.48. The summed E-state index contributed by atoms with van der Waals surface area (Å²) in [5, 5.41) is 6.36. The molecule has 0 saturated carbocycles. The number of anilines is 3. The van der Waals surface area contributed by atoms with E-state index in [1.807, 2.05) is 11.3 Å². The molecule has 11 rings (SSSR count). The number of aromatic nitrogens is 1. The summed E-state index contributed by atoms with van der Waals surface area (Å²) >= 11 is 1.91. The van der Waals surface area contributed by atoms with Gasteiger partial charge in [-0.25, -0.2) is 0 Å². The second-order valence-electron chi connectivity index (χ2n) is 14.6. The Morgan fingerprint density at radius 1 is 0.625 bits per heavy atom. The van der Waals surface area contributed by atoms with Crippen LogP contribution < -0.4 is 21.3 Å². The number of hydrogen-bond donors (Lipinski definition) is 0. The number of aryl methyl sites for hydroxylation is 1. The molecule has 5 heterocycles. The molecule has 5 heteroatoms. The van der Waals surface area contributed by atoms with E-state index in [2.05, 4.69) is 152 Å². The number of thiophene rings is 1. The minimum Gasteiger partial charge on any atom is -0.456 e. The lowest BCUT2D eigenvalue weighted by atomic mass is 9.33. The summed E-state index contributed by atoms with van der Waals surface area (Å²) in [5.41, 5.74) is 14.8. The van der Waals surface area contributed by atoms with Crippen LogP contribution in [0.2, 0.25) is 0 Å². The topological polar surface area (TPSA) is 21.3 Å². The Hall–Kier alpha value is -5.26. The SMILES string of the molecule is Cc1cc2c3c(c1)-n1c4sc5ccccc5c4c4cccc(c41)B3c1ccc(C(C)(C)C)cc1N2c1cccc2oc3ccccc3c12. The molecule has 0 amide bonds. The van der Waals surface area contributed by atoms with Gasteiger partial charge in [-0.1, -0.05) is 93.6 Å². The van der Waals surface area contributed by atoms with Gasteiger partial charge in [0.15, 0.2) is 0 Å². The van der Waals surface area contributed by atoms with Crippen LogP contribution in [0.15, 0.2) is 120 Å². The largest absolute Gasteiger partial charge is 0.456 e. The fourth-order valence-corrected chi connectivity index (χ4v) is 9.95. The minimum atomic E-state index is -0.000213. The zero-order valence-electron chi connectivity index (χ0n) is 27.3. The average molecular weight is 635 g/mol. The van der Waals surface area contributed by atoms with Crippen LogP contribution in [0, 0.1) is 6.92 Å². The molecule has 9 aromatic rings. The Kier molecular flexibility index (Phi) is 5.02. The molecule has 0 saturated heterocycles. The molecule has 0 N–H and O–H groups in total. The van der Waals surface area contributed by atoms with Gasteiger partial charge in [-0.2, -0.15) is 0 Å². The summed E-state index contributed by atoms with van der Waals surface area (Å²) in [6.07, 6.45) is 0. The summed E-state index contributed by atoms with van der Waals surface area (Å²) < 4.78 is 10.4. The highest BCUT2D eigenvalue weighted by atomic mass is 32.1. The Bertz CT molecular complexity index is 2860. The molecule has 3 aromatic heterocycles. The molecule has 0 aliphatic carbocycles. The van der Waals surface area contributed by atoms with Crippen LogP contribution in [0.1, 0.15) is 31.9 Å². The molecular weight excluding hydrogens is 603 g/mol. The maximum atomic E-state index is 6.46. The second kappa shape index (κ2) is 9.00. The third kappa shape index (κ3) is 3.30. The lowest BCUT2D eigenvalue weighted by Gasteiger charge is -2.41. The zero-order valence-corrected chi connectivity index (χ0v) is 28.1. The van der Waals surface area contributed by atoms with E-state index in [9.17, 15) is 0 Å². The van der Waals surface area contributed by atoms with Gasteiger partial charge in [-0.15, -0.1) is 11.3 Å². The standard InChI is InChI=1S/C43H31BN2OS/c1-24-21-33-40-34(22-24)46-41-28(38-27-12-6-8-18-37(27)48-42(38)46)13-9-14-30(41)44(40)29-20-19-25(43(2,3)4)23-32(29)45(33)31-15-10-17-36-39(31)26-11-5-7-16-35(26)47-36/h5-23H,1-4H3. The number of para-hydroxylation sites is 2. The molecule has 228 valence electrons. The summed E-state index contributed by atoms with van der Waals surface area (Å²) in [5.74, 6) is 0. The Morgan fingerprint density at radius 3 is 2.25 bits per heavy atom. The van der Waals surface area contributed by atoms with Gasteiger partial charge < -0.3 is 13.9 Å². The minimum absolute atomic E-state index is 0.000213. The molecule has 2 aliphatic rings. The van der Waals surface area contributed by atoms with E-state index in [0.717, 1.165) is 27.6 Å². The van der Waals surface area contributed by atoms with Gasteiger partial charge in [0.25, 0.3) is 6.71 Å². The highest BCUT2D eigenvalue weighted by Gasteiger charge is 2.43. The van der Waals surface area contributed by atoms with Gasteiger partial charge in [-0.05, 0) is 82.3 Å². The number of fused-ring (bicyclic) bond motifs is 12. The summed E-state index contributed by atoms with van der Waals surface area (Å²) in [7, 11) is 0. The van der Waals surface area contributed by atoms with Crippen molar-refractivity contribution in [2.24, 2.45) is 0 Å². The number of furan rings is 1. The lowest BCUT2D eigenvalue weighted by Crippen LogP contribution is -2.60. The number of nitrogens with zero attached hydrogens (tertiary/aromatic N) is 2. The maximum Gasteiger partial charge on any atom is 0.252 e. The number of benzene rings is 6. The van der Waals surface area contributed by atoms with Gasteiger partial charge in [-0.3, -0.25) is 0 Å². The van der Waals surface area contributed by atoms with E-state index >= 15 is 0 Å². The molecular formula is C43H31BN2OS. The molecule has 0 radical (unpaired) electrons. The van der Waals surface area contributed by atoms with Crippen molar-refractivity contribution in [3.05, 3.63) is 126 Å². The van der Waals surface area contributed by atoms with Gasteiger partial charge in [0, 0.05) is 43.3 Å².